The third-order valence-corrected chi connectivity index (χ3v) is 5.88. The number of hydrogen-bond acceptors (Lipinski definition) is 5. The van der Waals surface area contributed by atoms with Gasteiger partial charge in [0.05, 0.1) is 17.1 Å². The Labute approximate surface area is 210 Å². The lowest BCUT2D eigenvalue weighted by atomic mass is 10.1. The number of nitrogens with one attached hydrogen (secondary N) is 1. The van der Waals surface area contributed by atoms with Crippen molar-refractivity contribution in [3.8, 4) is 0 Å². The summed E-state index contributed by atoms with van der Waals surface area (Å²) in [5.74, 6) is 0.801. The molecule has 5 nitrogen and oxygen atoms in total. The van der Waals surface area contributed by atoms with Crippen LogP contribution in [0.25, 0.3) is 11.4 Å². The van der Waals surface area contributed by atoms with Crippen LogP contribution in [0.4, 0.5) is 5.82 Å². The van der Waals surface area contributed by atoms with Crippen molar-refractivity contribution in [3.05, 3.63) is 119 Å². The Balaban J connectivity index is 1.85. The molecule has 1 heterocycles. The summed E-state index contributed by atoms with van der Waals surface area (Å²) in [6, 6.07) is 24.7. The summed E-state index contributed by atoms with van der Waals surface area (Å²) < 4.78 is 0. The summed E-state index contributed by atoms with van der Waals surface area (Å²) in [6.45, 7) is 8.49. The van der Waals surface area contributed by atoms with Crippen molar-refractivity contribution in [3.63, 3.8) is 0 Å². The van der Waals surface area contributed by atoms with Crippen LogP contribution < -0.4 is 11.1 Å². The molecule has 0 unspecified atom stereocenters. The standard InChI is InChI=1S/C30H37N5/c1-6-24(21-34(4)22-25-11-8-7-9-12-25)19-20-35(5)30(27-13-10-14-28(32-3)33-27)29(31)26-17-15-23(2)16-18-26/h6-19H,1,20-22,31H2,2-5H3,(H,32,33)/b24-19+,30-29-. The summed E-state index contributed by atoms with van der Waals surface area (Å²) in [4.78, 5) is 9.22. The lowest BCUT2D eigenvalue weighted by Crippen LogP contribution is -2.23. The van der Waals surface area contributed by atoms with Gasteiger partial charge in [-0.3, -0.25) is 4.90 Å². The highest BCUT2D eigenvalue weighted by molar-refractivity contribution is 5.87. The van der Waals surface area contributed by atoms with Crippen LogP contribution in [0.15, 0.2) is 97.1 Å². The van der Waals surface area contributed by atoms with Gasteiger partial charge in [-0.2, -0.15) is 0 Å². The van der Waals surface area contributed by atoms with Crippen molar-refractivity contribution in [2.24, 2.45) is 5.73 Å². The largest absolute Gasteiger partial charge is 0.396 e. The van der Waals surface area contributed by atoms with Gasteiger partial charge in [0.15, 0.2) is 0 Å². The van der Waals surface area contributed by atoms with Crippen molar-refractivity contribution in [2.75, 3.05) is 39.5 Å². The topological polar surface area (TPSA) is 57.4 Å². The fraction of sp³-hybridized carbons (Fsp3) is 0.233. The zero-order valence-electron chi connectivity index (χ0n) is 21.3. The first-order valence-corrected chi connectivity index (χ1v) is 11.9. The molecule has 0 radical (unpaired) electrons. The van der Waals surface area contributed by atoms with Gasteiger partial charge >= 0.3 is 0 Å². The number of nitrogens with zero attached hydrogens (tertiary/aromatic N) is 3. The highest BCUT2D eigenvalue weighted by Crippen LogP contribution is 2.25. The van der Waals surface area contributed by atoms with Crippen LogP contribution in [0, 0.1) is 6.92 Å². The van der Waals surface area contributed by atoms with Crippen molar-refractivity contribution < 1.29 is 0 Å². The second-order valence-electron chi connectivity index (χ2n) is 8.81. The van der Waals surface area contributed by atoms with Gasteiger partial charge in [-0.15, -0.1) is 0 Å². The molecule has 182 valence electrons. The number of aryl methyl sites for hydroxylation is 1. The number of rotatable bonds is 11. The van der Waals surface area contributed by atoms with Gasteiger partial charge < -0.3 is 16.0 Å². The number of anilines is 1. The normalized spacial score (nSPS) is 12.3. The van der Waals surface area contributed by atoms with E-state index < -0.39 is 0 Å². The fourth-order valence-electron chi connectivity index (χ4n) is 3.94. The molecular formula is C30H37N5. The van der Waals surface area contributed by atoms with Crippen molar-refractivity contribution in [1.82, 2.24) is 14.8 Å². The zero-order chi connectivity index (χ0) is 25.2. The second-order valence-corrected chi connectivity index (χ2v) is 8.81. The molecule has 2 aromatic carbocycles. The number of nitrogens with two attached hydrogens (primary N) is 1. The van der Waals surface area contributed by atoms with E-state index >= 15 is 0 Å². The molecule has 0 fully saturated rings. The Morgan fingerprint density at radius 2 is 1.71 bits per heavy atom. The summed E-state index contributed by atoms with van der Waals surface area (Å²) in [7, 11) is 6.05. The third kappa shape index (κ3) is 7.33. The van der Waals surface area contributed by atoms with Gasteiger partial charge in [0.2, 0.25) is 0 Å². The van der Waals surface area contributed by atoms with Crippen LogP contribution in [0.2, 0.25) is 0 Å². The van der Waals surface area contributed by atoms with Crippen LogP contribution in [-0.4, -0.2) is 49.0 Å². The monoisotopic (exact) mass is 467 g/mol. The molecule has 0 spiro atoms. The molecule has 1 aromatic heterocycles. The molecule has 0 bridgehead atoms. The summed E-state index contributed by atoms with van der Waals surface area (Å²) >= 11 is 0. The van der Waals surface area contributed by atoms with Gasteiger partial charge in [-0.1, -0.05) is 85.0 Å². The van der Waals surface area contributed by atoms with Crippen LogP contribution in [-0.2, 0) is 6.54 Å². The second kappa shape index (κ2) is 12.6. The van der Waals surface area contributed by atoms with Crippen LogP contribution in [0.3, 0.4) is 0 Å². The number of hydrogen-bond donors (Lipinski definition) is 2. The Kier molecular flexibility index (Phi) is 9.27. The number of aromatic nitrogens is 1. The maximum atomic E-state index is 6.75. The fourth-order valence-corrected chi connectivity index (χ4v) is 3.94. The minimum absolute atomic E-state index is 0.674. The van der Waals surface area contributed by atoms with E-state index in [4.69, 9.17) is 10.7 Å². The van der Waals surface area contributed by atoms with Crippen LogP contribution >= 0.6 is 0 Å². The van der Waals surface area contributed by atoms with Crippen LogP contribution in [0.1, 0.15) is 22.4 Å². The van der Waals surface area contributed by atoms with Gasteiger partial charge in [-0.05, 0) is 42.8 Å². The molecule has 3 rings (SSSR count). The zero-order valence-corrected chi connectivity index (χ0v) is 21.3. The van der Waals surface area contributed by atoms with E-state index in [-0.39, 0.29) is 0 Å². The van der Waals surface area contributed by atoms with E-state index in [1.165, 1.54) is 16.7 Å². The van der Waals surface area contributed by atoms with E-state index in [0.717, 1.165) is 35.9 Å². The van der Waals surface area contributed by atoms with Crippen molar-refractivity contribution in [1.29, 1.82) is 0 Å². The summed E-state index contributed by atoms with van der Waals surface area (Å²) in [5, 5.41) is 3.12. The van der Waals surface area contributed by atoms with E-state index in [2.05, 4.69) is 97.3 Å². The van der Waals surface area contributed by atoms with Crippen LogP contribution in [0.5, 0.6) is 0 Å². The van der Waals surface area contributed by atoms with E-state index in [1.54, 1.807) is 0 Å². The summed E-state index contributed by atoms with van der Waals surface area (Å²) in [6.07, 6.45) is 4.14. The molecule has 0 aliphatic rings. The minimum Gasteiger partial charge on any atom is -0.396 e. The molecule has 3 aromatic rings. The average Bonchev–Trinajstić information content (AvgIpc) is 2.87. The molecule has 5 heteroatoms. The third-order valence-electron chi connectivity index (χ3n) is 5.88. The minimum atomic E-state index is 0.674. The van der Waals surface area contributed by atoms with E-state index in [0.29, 0.717) is 12.2 Å². The predicted molar refractivity (Wildman–Crippen MR) is 150 cm³/mol. The Bertz CT molecular complexity index is 1160. The average molecular weight is 468 g/mol. The first kappa shape index (κ1) is 25.8. The lowest BCUT2D eigenvalue weighted by molar-refractivity contribution is 0.357. The highest BCUT2D eigenvalue weighted by Gasteiger charge is 2.15. The number of likely N-dealkylation sites (N-methyl/N-ethyl adjacent to an activating group) is 2. The highest BCUT2D eigenvalue weighted by atomic mass is 15.1. The van der Waals surface area contributed by atoms with Crippen molar-refractivity contribution >= 4 is 17.2 Å². The molecule has 35 heavy (non-hydrogen) atoms. The maximum Gasteiger partial charge on any atom is 0.126 e. The van der Waals surface area contributed by atoms with Gasteiger partial charge in [0.1, 0.15) is 5.82 Å². The van der Waals surface area contributed by atoms with Gasteiger partial charge in [0, 0.05) is 33.7 Å². The SMILES string of the molecule is C=C/C(=C\CN(C)/C(=C(\N)c1ccc(C)cc1)c1cccc(NC)n1)CN(C)Cc1ccccc1. The predicted octanol–water partition coefficient (Wildman–Crippen LogP) is 5.39. The molecule has 3 N–H and O–H groups in total. The Morgan fingerprint density at radius 1 is 1.00 bits per heavy atom. The van der Waals surface area contributed by atoms with Gasteiger partial charge in [0.25, 0.3) is 0 Å². The molecule has 0 atom stereocenters. The quantitative estimate of drug-likeness (QED) is 0.370. The first-order chi connectivity index (χ1) is 16.9. The maximum absolute atomic E-state index is 6.75. The first-order valence-electron chi connectivity index (χ1n) is 11.9. The molecule has 0 aliphatic carbocycles. The van der Waals surface area contributed by atoms with Crippen molar-refractivity contribution in [2.45, 2.75) is 13.5 Å². The lowest BCUT2D eigenvalue weighted by Gasteiger charge is -2.25. The smallest absolute Gasteiger partial charge is 0.126 e. The Hall–Kier alpha value is -3.83. The molecule has 0 aliphatic heterocycles. The molecular weight excluding hydrogens is 430 g/mol. The number of benzene rings is 2. The Morgan fingerprint density at radius 3 is 2.37 bits per heavy atom. The van der Waals surface area contributed by atoms with E-state index in [9.17, 15) is 0 Å². The molecule has 0 saturated heterocycles. The van der Waals surface area contributed by atoms with E-state index in [1.807, 2.05) is 37.4 Å². The van der Waals surface area contributed by atoms with Gasteiger partial charge in [-0.25, -0.2) is 4.98 Å². The molecule has 0 saturated carbocycles. The number of pyridine rings is 1. The summed E-state index contributed by atoms with van der Waals surface area (Å²) in [5.41, 5.74) is 13.8. The molecule has 0 amide bonds.